The Morgan fingerprint density at radius 1 is 0.966 bits per heavy atom. The molecule has 1 amide bonds. The number of hydrogen-bond acceptors (Lipinski definition) is 3. The molecule has 0 radical (unpaired) electrons. The smallest absolute Gasteiger partial charge is 0.252 e. The van der Waals surface area contributed by atoms with Gasteiger partial charge in [0, 0.05) is 16.1 Å². The number of aromatic nitrogens is 1. The minimum Gasteiger partial charge on any atom is -0.436 e. The molecule has 5 heteroatoms. The molecule has 1 atom stereocenters. The van der Waals surface area contributed by atoms with Gasteiger partial charge in [-0.1, -0.05) is 54.1 Å². The lowest BCUT2D eigenvalue weighted by Gasteiger charge is -2.15. The first-order valence-electron chi connectivity index (χ1n) is 9.29. The highest BCUT2D eigenvalue weighted by Crippen LogP contribution is 2.29. The van der Waals surface area contributed by atoms with Gasteiger partial charge in [-0.25, -0.2) is 4.98 Å². The van der Waals surface area contributed by atoms with Crippen LogP contribution in [0.25, 0.3) is 22.8 Å². The largest absolute Gasteiger partial charge is 0.436 e. The van der Waals surface area contributed by atoms with Crippen molar-refractivity contribution in [3.63, 3.8) is 0 Å². The first-order chi connectivity index (χ1) is 14.1. The second kappa shape index (κ2) is 8.33. The zero-order chi connectivity index (χ0) is 20.2. The number of halogens is 1. The molecular formula is C24H19ClN2O2. The van der Waals surface area contributed by atoms with Crippen molar-refractivity contribution in [3.8, 4) is 22.8 Å². The average Bonchev–Trinajstić information content (AvgIpc) is 3.25. The lowest BCUT2D eigenvalue weighted by Crippen LogP contribution is -2.27. The van der Waals surface area contributed by atoms with E-state index in [4.69, 9.17) is 16.0 Å². The van der Waals surface area contributed by atoms with Gasteiger partial charge < -0.3 is 9.73 Å². The number of nitrogens with one attached hydrogen (secondary N) is 1. The summed E-state index contributed by atoms with van der Waals surface area (Å²) in [4.78, 5) is 17.3. The Morgan fingerprint density at radius 3 is 2.41 bits per heavy atom. The van der Waals surface area contributed by atoms with Gasteiger partial charge in [0.05, 0.1) is 17.8 Å². The van der Waals surface area contributed by atoms with Crippen LogP contribution in [0.3, 0.4) is 0 Å². The van der Waals surface area contributed by atoms with Crippen LogP contribution in [0, 0.1) is 0 Å². The summed E-state index contributed by atoms with van der Waals surface area (Å²) in [6.45, 7) is 1.96. The van der Waals surface area contributed by atoms with Crippen LogP contribution < -0.4 is 5.32 Å². The van der Waals surface area contributed by atoms with Gasteiger partial charge in [-0.3, -0.25) is 4.79 Å². The fourth-order valence-electron chi connectivity index (χ4n) is 3.11. The Hall–Kier alpha value is -3.37. The SMILES string of the molecule is C[C@@H](NC(=O)c1ccccc1-c1ncc(-c2ccc(Cl)cc2)o1)c1ccccc1. The number of carbonyl (C=O) groups excluding carboxylic acids is 1. The third-order valence-electron chi connectivity index (χ3n) is 4.68. The second-order valence-electron chi connectivity index (χ2n) is 6.69. The van der Waals surface area contributed by atoms with E-state index in [1.165, 1.54) is 0 Å². The van der Waals surface area contributed by atoms with Gasteiger partial charge in [-0.15, -0.1) is 0 Å². The van der Waals surface area contributed by atoms with Crippen LogP contribution in [0.4, 0.5) is 0 Å². The van der Waals surface area contributed by atoms with Crippen LogP contribution in [-0.2, 0) is 0 Å². The highest BCUT2D eigenvalue weighted by Gasteiger charge is 2.18. The zero-order valence-corrected chi connectivity index (χ0v) is 16.6. The maximum absolute atomic E-state index is 12.9. The van der Waals surface area contributed by atoms with E-state index in [9.17, 15) is 4.79 Å². The van der Waals surface area contributed by atoms with Gasteiger partial charge in [0.15, 0.2) is 5.76 Å². The number of rotatable bonds is 5. The summed E-state index contributed by atoms with van der Waals surface area (Å²) < 4.78 is 5.94. The molecule has 144 valence electrons. The van der Waals surface area contributed by atoms with Crippen molar-refractivity contribution in [3.05, 3.63) is 101 Å². The standard InChI is InChI=1S/C24H19ClN2O2/c1-16(17-7-3-2-4-8-17)27-23(28)20-9-5-6-10-21(20)24-26-15-22(29-24)18-11-13-19(25)14-12-18/h2-16H,1H3,(H,27,28)/t16-/m1/s1. The zero-order valence-electron chi connectivity index (χ0n) is 15.8. The summed E-state index contributed by atoms with van der Waals surface area (Å²) in [5.74, 6) is 0.834. The predicted molar refractivity (Wildman–Crippen MR) is 115 cm³/mol. The van der Waals surface area contributed by atoms with Gasteiger partial charge in [0.2, 0.25) is 5.89 Å². The number of oxazole rings is 1. The summed E-state index contributed by atoms with van der Waals surface area (Å²) in [6, 6.07) is 24.3. The molecule has 0 aliphatic carbocycles. The van der Waals surface area contributed by atoms with E-state index in [0.29, 0.717) is 27.8 Å². The van der Waals surface area contributed by atoms with E-state index in [2.05, 4.69) is 10.3 Å². The van der Waals surface area contributed by atoms with Crippen molar-refractivity contribution in [1.82, 2.24) is 10.3 Å². The maximum Gasteiger partial charge on any atom is 0.252 e. The number of nitrogens with zero attached hydrogens (tertiary/aromatic N) is 1. The fraction of sp³-hybridized carbons (Fsp3) is 0.0833. The number of benzene rings is 3. The van der Waals surface area contributed by atoms with Crippen LogP contribution in [0.2, 0.25) is 5.02 Å². The fourth-order valence-corrected chi connectivity index (χ4v) is 3.24. The molecule has 4 nitrogen and oxygen atoms in total. The second-order valence-corrected chi connectivity index (χ2v) is 7.12. The Kier molecular flexibility index (Phi) is 5.45. The lowest BCUT2D eigenvalue weighted by atomic mass is 10.0. The van der Waals surface area contributed by atoms with Crippen LogP contribution in [0.15, 0.2) is 89.5 Å². The lowest BCUT2D eigenvalue weighted by molar-refractivity contribution is 0.0940. The summed E-state index contributed by atoms with van der Waals surface area (Å²) in [5.41, 5.74) is 3.07. The van der Waals surface area contributed by atoms with E-state index in [1.54, 1.807) is 24.4 Å². The van der Waals surface area contributed by atoms with E-state index in [-0.39, 0.29) is 11.9 Å². The first kappa shape index (κ1) is 19.0. The molecule has 3 aromatic carbocycles. The number of hydrogen-bond donors (Lipinski definition) is 1. The van der Waals surface area contributed by atoms with Crippen molar-refractivity contribution in [1.29, 1.82) is 0 Å². The van der Waals surface area contributed by atoms with Crippen LogP contribution >= 0.6 is 11.6 Å². The van der Waals surface area contributed by atoms with Crippen LogP contribution in [0.5, 0.6) is 0 Å². The van der Waals surface area contributed by atoms with Crippen molar-refractivity contribution in [2.75, 3.05) is 0 Å². The molecule has 0 aliphatic rings. The maximum atomic E-state index is 12.9. The van der Waals surface area contributed by atoms with Crippen molar-refractivity contribution in [2.24, 2.45) is 0 Å². The first-order valence-corrected chi connectivity index (χ1v) is 9.66. The molecule has 0 spiro atoms. The average molecular weight is 403 g/mol. The summed E-state index contributed by atoms with van der Waals surface area (Å²) >= 11 is 5.95. The highest BCUT2D eigenvalue weighted by molar-refractivity contribution is 6.30. The Bertz CT molecular complexity index is 1120. The summed E-state index contributed by atoms with van der Waals surface area (Å²) in [6.07, 6.45) is 1.65. The van der Waals surface area contributed by atoms with Gasteiger partial charge in [-0.05, 0) is 48.9 Å². The van der Waals surface area contributed by atoms with Crippen LogP contribution in [-0.4, -0.2) is 10.9 Å². The van der Waals surface area contributed by atoms with Gasteiger partial charge in [0.1, 0.15) is 0 Å². The molecule has 1 N–H and O–H groups in total. The molecule has 1 aromatic heterocycles. The third kappa shape index (κ3) is 4.23. The third-order valence-corrected chi connectivity index (χ3v) is 4.94. The molecule has 0 aliphatic heterocycles. The highest BCUT2D eigenvalue weighted by atomic mass is 35.5. The van der Waals surface area contributed by atoms with Gasteiger partial charge >= 0.3 is 0 Å². The van der Waals surface area contributed by atoms with Gasteiger partial charge in [0.25, 0.3) is 5.91 Å². The number of carbonyl (C=O) groups is 1. The van der Waals surface area contributed by atoms with E-state index in [1.807, 2.05) is 67.6 Å². The van der Waals surface area contributed by atoms with Gasteiger partial charge in [-0.2, -0.15) is 0 Å². The minimum absolute atomic E-state index is 0.119. The molecule has 4 rings (SSSR count). The van der Waals surface area contributed by atoms with E-state index >= 15 is 0 Å². The normalized spacial score (nSPS) is 11.8. The topological polar surface area (TPSA) is 55.1 Å². The molecule has 0 saturated heterocycles. The van der Waals surface area contributed by atoms with Crippen molar-refractivity contribution < 1.29 is 9.21 Å². The Morgan fingerprint density at radius 2 is 1.66 bits per heavy atom. The number of amides is 1. The molecule has 0 unspecified atom stereocenters. The summed E-state index contributed by atoms with van der Waals surface area (Å²) in [5, 5.41) is 3.70. The van der Waals surface area contributed by atoms with E-state index < -0.39 is 0 Å². The molecule has 0 fully saturated rings. The molecule has 1 heterocycles. The Labute approximate surface area is 174 Å². The molecule has 4 aromatic rings. The Balaban J connectivity index is 1.60. The molecule has 0 bridgehead atoms. The van der Waals surface area contributed by atoms with Crippen molar-refractivity contribution in [2.45, 2.75) is 13.0 Å². The molecular weight excluding hydrogens is 384 g/mol. The predicted octanol–water partition coefficient (Wildman–Crippen LogP) is 6.15. The van der Waals surface area contributed by atoms with Crippen LogP contribution in [0.1, 0.15) is 28.9 Å². The molecule has 0 saturated carbocycles. The molecule has 29 heavy (non-hydrogen) atoms. The quantitative estimate of drug-likeness (QED) is 0.435. The van der Waals surface area contributed by atoms with Crippen molar-refractivity contribution >= 4 is 17.5 Å². The summed E-state index contributed by atoms with van der Waals surface area (Å²) in [7, 11) is 0. The monoisotopic (exact) mass is 402 g/mol. The van der Waals surface area contributed by atoms with E-state index in [0.717, 1.165) is 11.1 Å². The minimum atomic E-state index is -0.178.